The summed E-state index contributed by atoms with van der Waals surface area (Å²) in [6.45, 7) is 10.9. The first-order chi connectivity index (χ1) is 5.83. The van der Waals surface area contributed by atoms with Gasteiger partial charge >= 0.3 is 0 Å². The average molecular weight is 189 g/mol. The molecule has 0 rings (SSSR count). The van der Waals surface area contributed by atoms with Crippen molar-refractivity contribution < 1.29 is 9.94 Å². The molecule has 3 heteroatoms. The van der Waals surface area contributed by atoms with E-state index in [1.165, 1.54) is 0 Å². The smallest absolute Gasteiger partial charge is 0.0812 e. The van der Waals surface area contributed by atoms with Crippen LogP contribution in [-0.4, -0.2) is 23.9 Å². The molecule has 0 aliphatic rings. The highest BCUT2D eigenvalue weighted by molar-refractivity contribution is 4.72. The summed E-state index contributed by atoms with van der Waals surface area (Å²) in [7, 11) is 0. The number of hydrogen-bond acceptors (Lipinski definition) is 3. The summed E-state index contributed by atoms with van der Waals surface area (Å²) in [6.07, 6.45) is 0.935. The molecular formula is C10H23NO2. The highest BCUT2D eigenvalue weighted by Crippen LogP contribution is 2.18. The largest absolute Gasteiger partial charge is 0.396 e. The van der Waals surface area contributed by atoms with E-state index < -0.39 is 0 Å². The minimum absolute atomic E-state index is 0.0781. The summed E-state index contributed by atoms with van der Waals surface area (Å²) in [5, 5.41) is 9.12. The predicted molar refractivity (Wildman–Crippen MR) is 54.3 cm³/mol. The monoisotopic (exact) mass is 189 g/mol. The van der Waals surface area contributed by atoms with Gasteiger partial charge in [0.1, 0.15) is 0 Å². The highest BCUT2D eigenvalue weighted by Gasteiger charge is 2.21. The van der Waals surface area contributed by atoms with Gasteiger partial charge in [-0.3, -0.25) is 4.84 Å². The van der Waals surface area contributed by atoms with E-state index in [-0.39, 0.29) is 17.6 Å². The topological polar surface area (TPSA) is 41.5 Å². The maximum absolute atomic E-state index is 9.12. The van der Waals surface area contributed by atoms with E-state index in [0.717, 1.165) is 6.42 Å². The third-order valence-corrected chi connectivity index (χ3v) is 2.11. The first-order valence-electron chi connectivity index (χ1n) is 4.85. The van der Waals surface area contributed by atoms with E-state index >= 15 is 0 Å². The summed E-state index contributed by atoms with van der Waals surface area (Å²) >= 11 is 0. The normalized spacial score (nSPS) is 17.1. The minimum atomic E-state index is -0.176. The van der Waals surface area contributed by atoms with Gasteiger partial charge in [-0.1, -0.05) is 13.8 Å². The molecule has 0 heterocycles. The number of hydrogen-bond donors (Lipinski definition) is 2. The number of nitrogens with one attached hydrogen (secondary N) is 1. The van der Waals surface area contributed by atoms with Crippen molar-refractivity contribution in [1.29, 1.82) is 0 Å². The highest BCUT2D eigenvalue weighted by atomic mass is 16.7. The van der Waals surface area contributed by atoms with Gasteiger partial charge in [0.25, 0.3) is 0 Å². The van der Waals surface area contributed by atoms with E-state index in [1.54, 1.807) is 0 Å². The van der Waals surface area contributed by atoms with Crippen LogP contribution in [0.5, 0.6) is 0 Å². The van der Waals surface area contributed by atoms with Crippen molar-refractivity contribution in [2.24, 2.45) is 5.41 Å². The van der Waals surface area contributed by atoms with E-state index in [2.05, 4.69) is 12.4 Å². The standard InChI is InChI=1S/C10H23NO2/c1-6-10(5,8-12)7-11-13-9(2,3)4/h11-12H,6-8H2,1-5H3. The van der Waals surface area contributed by atoms with Crippen LogP contribution in [0.2, 0.25) is 0 Å². The van der Waals surface area contributed by atoms with Crippen molar-refractivity contribution in [3.8, 4) is 0 Å². The minimum Gasteiger partial charge on any atom is -0.396 e. The van der Waals surface area contributed by atoms with Crippen molar-refractivity contribution in [2.45, 2.75) is 46.6 Å². The lowest BCUT2D eigenvalue weighted by Gasteiger charge is -2.28. The second-order valence-corrected chi connectivity index (χ2v) is 4.86. The maximum Gasteiger partial charge on any atom is 0.0812 e. The molecule has 0 radical (unpaired) electrons. The molecule has 0 fully saturated rings. The van der Waals surface area contributed by atoms with Crippen LogP contribution in [0, 0.1) is 5.41 Å². The fourth-order valence-electron chi connectivity index (χ4n) is 0.720. The van der Waals surface area contributed by atoms with Gasteiger partial charge in [0.2, 0.25) is 0 Å². The van der Waals surface area contributed by atoms with Crippen molar-refractivity contribution in [1.82, 2.24) is 5.48 Å². The van der Waals surface area contributed by atoms with Gasteiger partial charge in [0.15, 0.2) is 0 Å². The Kier molecular flexibility index (Phi) is 4.89. The Balaban J connectivity index is 3.74. The molecule has 2 N–H and O–H groups in total. The summed E-state index contributed by atoms with van der Waals surface area (Å²) in [5.74, 6) is 0. The molecule has 0 saturated heterocycles. The van der Waals surface area contributed by atoms with Gasteiger partial charge in [-0.15, -0.1) is 0 Å². The molecule has 3 nitrogen and oxygen atoms in total. The summed E-state index contributed by atoms with van der Waals surface area (Å²) in [5.41, 5.74) is 2.65. The second kappa shape index (κ2) is 4.94. The van der Waals surface area contributed by atoms with E-state index in [0.29, 0.717) is 6.54 Å². The van der Waals surface area contributed by atoms with Gasteiger partial charge in [0, 0.05) is 18.6 Å². The van der Waals surface area contributed by atoms with Crippen LogP contribution in [-0.2, 0) is 4.84 Å². The molecule has 1 unspecified atom stereocenters. The average Bonchev–Trinajstić information content (AvgIpc) is 2.02. The van der Waals surface area contributed by atoms with Crippen LogP contribution < -0.4 is 5.48 Å². The molecule has 1 atom stereocenters. The van der Waals surface area contributed by atoms with E-state index in [1.807, 2.05) is 27.7 Å². The molecule has 0 aromatic heterocycles. The second-order valence-electron chi connectivity index (χ2n) is 4.86. The first-order valence-corrected chi connectivity index (χ1v) is 4.85. The zero-order chi connectivity index (χ0) is 10.5. The SMILES string of the molecule is CCC(C)(CO)CNOC(C)(C)C. The Morgan fingerprint density at radius 2 is 1.77 bits per heavy atom. The Morgan fingerprint density at radius 3 is 2.08 bits per heavy atom. The molecule has 0 bridgehead atoms. The fraction of sp³-hybridized carbons (Fsp3) is 1.00. The van der Waals surface area contributed by atoms with Crippen LogP contribution in [0.15, 0.2) is 0 Å². The number of hydroxylamine groups is 1. The summed E-state index contributed by atoms with van der Waals surface area (Å²) in [6, 6.07) is 0. The molecule has 13 heavy (non-hydrogen) atoms. The molecule has 0 amide bonds. The number of rotatable bonds is 5. The van der Waals surface area contributed by atoms with Crippen LogP contribution in [0.4, 0.5) is 0 Å². The molecular weight excluding hydrogens is 166 g/mol. The quantitative estimate of drug-likeness (QED) is 0.647. The molecule has 0 aliphatic heterocycles. The lowest BCUT2D eigenvalue weighted by atomic mass is 9.89. The molecule has 0 saturated carbocycles. The van der Waals surface area contributed by atoms with Crippen molar-refractivity contribution >= 4 is 0 Å². The van der Waals surface area contributed by atoms with E-state index in [4.69, 9.17) is 9.94 Å². The third-order valence-electron chi connectivity index (χ3n) is 2.11. The number of aliphatic hydroxyl groups excluding tert-OH is 1. The lowest BCUT2D eigenvalue weighted by Crippen LogP contribution is -2.38. The fourth-order valence-corrected chi connectivity index (χ4v) is 0.720. The molecule has 0 aromatic carbocycles. The maximum atomic E-state index is 9.12. The van der Waals surface area contributed by atoms with Crippen molar-refractivity contribution in [3.63, 3.8) is 0 Å². The Labute approximate surface area is 81.4 Å². The predicted octanol–water partition coefficient (Wildman–Crippen LogP) is 1.71. The Morgan fingerprint density at radius 1 is 1.23 bits per heavy atom. The van der Waals surface area contributed by atoms with Gasteiger partial charge in [0.05, 0.1) is 5.60 Å². The van der Waals surface area contributed by atoms with Gasteiger partial charge in [-0.2, -0.15) is 0 Å². The van der Waals surface area contributed by atoms with E-state index in [9.17, 15) is 0 Å². The van der Waals surface area contributed by atoms with Gasteiger partial charge in [-0.25, -0.2) is 5.48 Å². The summed E-state index contributed by atoms with van der Waals surface area (Å²) in [4.78, 5) is 5.37. The zero-order valence-electron chi connectivity index (χ0n) is 9.48. The molecule has 0 aromatic rings. The van der Waals surface area contributed by atoms with Crippen molar-refractivity contribution in [3.05, 3.63) is 0 Å². The van der Waals surface area contributed by atoms with Crippen molar-refractivity contribution in [2.75, 3.05) is 13.2 Å². The molecule has 80 valence electrons. The Hall–Kier alpha value is -0.120. The third kappa shape index (κ3) is 6.02. The van der Waals surface area contributed by atoms with Crippen LogP contribution in [0.3, 0.4) is 0 Å². The summed E-state index contributed by atoms with van der Waals surface area (Å²) < 4.78 is 0. The van der Waals surface area contributed by atoms with Crippen LogP contribution in [0.1, 0.15) is 41.0 Å². The molecule has 0 spiro atoms. The molecule has 0 aliphatic carbocycles. The van der Waals surface area contributed by atoms with Crippen LogP contribution >= 0.6 is 0 Å². The van der Waals surface area contributed by atoms with Gasteiger partial charge in [-0.05, 0) is 27.2 Å². The van der Waals surface area contributed by atoms with Crippen LogP contribution in [0.25, 0.3) is 0 Å². The lowest BCUT2D eigenvalue weighted by molar-refractivity contribution is -0.0878. The Bertz CT molecular complexity index is 136. The first kappa shape index (κ1) is 12.9. The zero-order valence-corrected chi connectivity index (χ0v) is 9.48. The van der Waals surface area contributed by atoms with Gasteiger partial charge < -0.3 is 5.11 Å². The number of aliphatic hydroxyl groups is 1.